The molecule has 8 nitrogen and oxygen atoms in total. The number of hydrogen-bond acceptors (Lipinski definition) is 9. The molecular weight excluding hydrogens is 468 g/mol. The van der Waals surface area contributed by atoms with Crippen molar-refractivity contribution in [2.75, 3.05) is 13.1 Å². The van der Waals surface area contributed by atoms with Gasteiger partial charge in [0.2, 0.25) is 0 Å². The molecule has 3 rings (SSSR count). The molecule has 0 amide bonds. The van der Waals surface area contributed by atoms with Gasteiger partial charge in [0.05, 0.1) is 40.8 Å². The summed E-state index contributed by atoms with van der Waals surface area (Å²) in [5.74, 6) is -1.74. The van der Waals surface area contributed by atoms with Gasteiger partial charge in [-0.2, -0.15) is 0 Å². The number of epoxide rings is 1. The van der Waals surface area contributed by atoms with Gasteiger partial charge >= 0.3 is 5.97 Å². The normalized spacial score (nSPS) is 37.5. The summed E-state index contributed by atoms with van der Waals surface area (Å²) in [6, 6.07) is 0. The van der Waals surface area contributed by atoms with Gasteiger partial charge in [-0.3, -0.25) is 9.59 Å². The number of carbonyl (C=O) groups is 2. The summed E-state index contributed by atoms with van der Waals surface area (Å²) in [5.41, 5.74) is 0.0149. The van der Waals surface area contributed by atoms with E-state index in [9.17, 15) is 19.8 Å². The van der Waals surface area contributed by atoms with Crippen molar-refractivity contribution < 1.29 is 29.3 Å². The Bertz CT molecular complexity index is 959. The number of nitrogens with zero attached hydrogens (tertiary/aromatic N) is 1. The average Bonchev–Trinajstić information content (AvgIpc) is 3.22. The van der Waals surface area contributed by atoms with Gasteiger partial charge in [0.1, 0.15) is 17.5 Å². The number of Topliss-reactive ketones (excluding diaryl/α,β-unsaturated/α-hetero) is 1. The first-order valence-electron chi connectivity index (χ1n) is 12.3. The van der Waals surface area contributed by atoms with Gasteiger partial charge in [-0.05, 0) is 38.3 Å². The van der Waals surface area contributed by atoms with Crippen molar-refractivity contribution in [2.24, 2.45) is 17.3 Å². The monoisotopic (exact) mass is 508 g/mol. The summed E-state index contributed by atoms with van der Waals surface area (Å²) in [6.07, 6.45) is -0.710. The minimum Gasteiger partial charge on any atom is -0.458 e. The molecule has 196 valence electrons. The largest absolute Gasteiger partial charge is 0.458 e. The molecule has 9 heteroatoms. The fourth-order valence-corrected chi connectivity index (χ4v) is 5.30. The maximum atomic E-state index is 13.2. The van der Waals surface area contributed by atoms with Crippen molar-refractivity contribution in [1.29, 1.82) is 0 Å². The van der Waals surface area contributed by atoms with E-state index in [0.717, 1.165) is 16.3 Å². The maximum Gasteiger partial charge on any atom is 0.309 e. The van der Waals surface area contributed by atoms with Crippen LogP contribution in [-0.2, 0) is 19.1 Å². The smallest absolute Gasteiger partial charge is 0.309 e. The van der Waals surface area contributed by atoms with E-state index in [-0.39, 0.29) is 24.2 Å². The zero-order chi connectivity index (χ0) is 26.1. The lowest BCUT2D eigenvalue weighted by Crippen LogP contribution is -2.47. The average molecular weight is 509 g/mol. The molecule has 35 heavy (non-hydrogen) atoms. The molecule has 0 unspecified atom stereocenters. The number of hydrogen-bond donors (Lipinski definition) is 3. The van der Waals surface area contributed by atoms with Crippen LogP contribution in [0.3, 0.4) is 0 Å². The predicted octanol–water partition coefficient (Wildman–Crippen LogP) is 2.90. The van der Waals surface area contributed by atoms with Crippen molar-refractivity contribution in [1.82, 2.24) is 10.3 Å². The van der Waals surface area contributed by atoms with Crippen LogP contribution in [0.5, 0.6) is 0 Å². The number of nitrogens with one attached hydrogen (secondary N) is 1. The Balaban J connectivity index is 1.85. The number of esters is 1. The molecule has 0 spiro atoms. The van der Waals surface area contributed by atoms with Gasteiger partial charge in [-0.15, -0.1) is 11.3 Å². The highest BCUT2D eigenvalue weighted by Gasteiger charge is 2.53. The van der Waals surface area contributed by atoms with Gasteiger partial charge in [-0.1, -0.05) is 27.7 Å². The molecule has 1 aromatic rings. The van der Waals surface area contributed by atoms with Crippen LogP contribution < -0.4 is 5.32 Å². The molecule has 3 N–H and O–H groups in total. The summed E-state index contributed by atoms with van der Waals surface area (Å²) in [7, 11) is 0. The highest BCUT2D eigenvalue weighted by Crippen LogP contribution is 2.40. The third kappa shape index (κ3) is 6.57. The second-order valence-corrected chi connectivity index (χ2v) is 12.1. The number of aliphatic hydroxyl groups excluding tert-OH is 2. The zero-order valence-electron chi connectivity index (χ0n) is 21.8. The quantitative estimate of drug-likeness (QED) is 0.412. The first-order valence-corrected chi connectivity index (χ1v) is 13.2. The molecule has 2 aliphatic rings. The van der Waals surface area contributed by atoms with Crippen LogP contribution >= 0.6 is 11.3 Å². The molecule has 3 heterocycles. The number of fused-ring (bicyclic) bond motifs is 1. The lowest BCUT2D eigenvalue weighted by atomic mass is 9.73. The molecule has 0 radical (unpaired) electrons. The van der Waals surface area contributed by atoms with Crippen LogP contribution in [0.25, 0.3) is 6.08 Å². The van der Waals surface area contributed by atoms with E-state index in [1.807, 2.05) is 39.2 Å². The molecule has 0 bridgehead atoms. The van der Waals surface area contributed by atoms with Gasteiger partial charge in [0.15, 0.2) is 0 Å². The zero-order valence-corrected chi connectivity index (χ0v) is 22.6. The number of rotatable bonds is 2. The topological polar surface area (TPSA) is 121 Å². The van der Waals surface area contributed by atoms with E-state index in [1.165, 1.54) is 0 Å². The Morgan fingerprint density at radius 1 is 1.26 bits per heavy atom. The van der Waals surface area contributed by atoms with Gasteiger partial charge < -0.3 is 25.0 Å². The van der Waals surface area contributed by atoms with Crippen molar-refractivity contribution in [3.8, 4) is 0 Å². The van der Waals surface area contributed by atoms with Crippen molar-refractivity contribution >= 4 is 29.2 Å². The standard InChI is InChI=1S/C26H40N2O6S/c1-14(8-18-12-35-17(4)28-18)19-9-21-26(7,34-21)13-27-11-15(2)23(31)16(3)24(32)25(5,6)20(29)10-22(30)33-19/h8,12,15-16,19-21,23,27,29,31H,9-11,13H2,1-7H3/b14-8+/t15-,16+,19-,20-,21+,23-,26+/m1/s1. The van der Waals surface area contributed by atoms with E-state index in [0.29, 0.717) is 19.5 Å². The molecule has 0 aliphatic carbocycles. The minimum absolute atomic E-state index is 0.108. The summed E-state index contributed by atoms with van der Waals surface area (Å²) < 4.78 is 11.8. The Labute approximate surface area is 212 Å². The van der Waals surface area contributed by atoms with E-state index >= 15 is 0 Å². The summed E-state index contributed by atoms with van der Waals surface area (Å²) in [6.45, 7) is 13.7. The number of aryl methyl sites for hydroxylation is 1. The fourth-order valence-electron chi connectivity index (χ4n) is 4.73. The fraction of sp³-hybridized carbons (Fsp3) is 0.731. The number of ether oxygens (including phenoxy) is 2. The van der Waals surface area contributed by atoms with Crippen LogP contribution in [0.2, 0.25) is 0 Å². The molecule has 7 atom stereocenters. The molecule has 2 fully saturated rings. The molecule has 2 saturated heterocycles. The van der Waals surface area contributed by atoms with E-state index in [4.69, 9.17) is 9.47 Å². The van der Waals surface area contributed by atoms with E-state index in [1.54, 1.807) is 32.1 Å². The molecule has 2 aliphatic heterocycles. The predicted molar refractivity (Wildman–Crippen MR) is 135 cm³/mol. The number of carbonyl (C=O) groups excluding carboxylic acids is 2. The maximum absolute atomic E-state index is 13.2. The molecule has 1 aromatic heterocycles. The molecule has 0 saturated carbocycles. The van der Waals surface area contributed by atoms with Crippen LogP contribution in [0.15, 0.2) is 11.0 Å². The summed E-state index contributed by atoms with van der Waals surface area (Å²) in [4.78, 5) is 30.6. The Morgan fingerprint density at radius 3 is 2.57 bits per heavy atom. The lowest BCUT2D eigenvalue weighted by molar-refractivity contribution is -0.154. The van der Waals surface area contributed by atoms with E-state index in [2.05, 4.69) is 10.3 Å². The Kier molecular flexibility index (Phi) is 8.59. The summed E-state index contributed by atoms with van der Waals surface area (Å²) >= 11 is 1.55. The first kappa shape index (κ1) is 27.9. The highest BCUT2D eigenvalue weighted by atomic mass is 32.1. The van der Waals surface area contributed by atoms with Crippen molar-refractivity contribution in [2.45, 2.75) is 91.3 Å². The third-order valence-electron chi connectivity index (χ3n) is 7.54. The molecular formula is C26H40N2O6S. The number of ketones is 1. The van der Waals surface area contributed by atoms with Crippen LogP contribution in [0.4, 0.5) is 0 Å². The number of cyclic esters (lactones) is 1. The second-order valence-electron chi connectivity index (χ2n) is 11.0. The number of aromatic nitrogens is 1. The number of aliphatic hydroxyl groups is 2. The molecule has 0 aromatic carbocycles. The summed E-state index contributed by atoms with van der Waals surface area (Å²) in [5, 5.41) is 27.9. The first-order chi connectivity index (χ1) is 16.2. The van der Waals surface area contributed by atoms with Crippen LogP contribution in [0, 0.1) is 24.2 Å². The highest BCUT2D eigenvalue weighted by molar-refractivity contribution is 7.09. The van der Waals surface area contributed by atoms with Crippen LogP contribution in [0.1, 0.15) is 65.1 Å². The van der Waals surface area contributed by atoms with Gasteiger partial charge in [0.25, 0.3) is 0 Å². The second kappa shape index (κ2) is 10.8. The SMILES string of the molecule is C/C(=C\c1csc(C)n1)[C@H]1C[C@@H]2O[C@@]2(C)CNC[C@@H](C)[C@@H](O)[C@H](C)C(=O)C(C)(C)[C@H](O)CC(=O)O1. The van der Waals surface area contributed by atoms with Crippen molar-refractivity contribution in [3.63, 3.8) is 0 Å². The Hall–Kier alpha value is -1.65. The third-order valence-corrected chi connectivity index (χ3v) is 8.33. The van der Waals surface area contributed by atoms with Gasteiger partial charge in [-0.25, -0.2) is 4.98 Å². The Morgan fingerprint density at radius 2 is 1.94 bits per heavy atom. The van der Waals surface area contributed by atoms with Gasteiger partial charge in [0, 0.05) is 30.8 Å². The minimum atomic E-state index is -1.24. The van der Waals surface area contributed by atoms with E-state index < -0.39 is 41.2 Å². The van der Waals surface area contributed by atoms with Crippen molar-refractivity contribution in [3.05, 3.63) is 21.7 Å². The van der Waals surface area contributed by atoms with Crippen LogP contribution in [-0.4, -0.2) is 70.1 Å². The number of thiazole rings is 1. The lowest BCUT2D eigenvalue weighted by Gasteiger charge is -2.34.